The van der Waals surface area contributed by atoms with Crippen molar-refractivity contribution in [1.29, 1.82) is 0 Å². The molecular weight excluding hydrogens is 313 g/mol. The van der Waals surface area contributed by atoms with E-state index in [1.54, 1.807) is 6.07 Å². The first kappa shape index (κ1) is 15.7. The van der Waals surface area contributed by atoms with E-state index in [0.717, 1.165) is 42.9 Å². The predicted octanol–water partition coefficient (Wildman–Crippen LogP) is 3.80. The number of halogens is 3. The van der Waals surface area contributed by atoms with Crippen LogP contribution < -0.4 is 5.32 Å². The number of hydrogen-bond donors (Lipinski definition) is 1. The van der Waals surface area contributed by atoms with Crippen molar-refractivity contribution in [2.24, 2.45) is 0 Å². The lowest BCUT2D eigenvalue weighted by molar-refractivity contribution is -0.137. The molecule has 1 N–H and O–H groups in total. The van der Waals surface area contributed by atoms with Crippen molar-refractivity contribution in [2.75, 3.05) is 26.2 Å². The van der Waals surface area contributed by atoms with Crippen molar-refractivity contribution < 1.29 is 13.2 Å². The minimum Gasteiger partial charge on any atom is -0.314 e. The molecule has 0 spiro atoms. The van der Waals surface area contributed by atoms with Crippen molar-refractivity contribution in [2.45, 2.75) is 18.1 Å². The van der Waals surface area contributed by atoms with E-state index in [1.807, 2.05) is 30.3 Å². The summed E-state index contributed by atoms with van der Waals surface area (Å²) in [5, 5.41) is 3.36. The van der Waals surface area contributed by atoms with Crippen LogP contribution in [0.2, 0.25) is 0 Å². The van der Waals surface area contributed by atoms with E-state index in [9.17, 15) is 13.2 Å². The van der Waals surface area contributed by atoms with Gasteiger partial charge in [-0.3, -0.25) is 4.90 Å². The summed E-state index contributed by atoms with van der Waals surface area (Å²) in [5.74, 6) is -0.0159. The summed E-state index contributed by atoms with van der Waals surface area (Å²) in [7, 11) is 0. The monoisotopic (exact) mass is 332 g/mol. The quantitative estimate of drug-likeness (QED) is 0.855. The Kier molecular flexibility index (Phi) is 3.85. The minimum atomic E-state index is -4.31. The van der Waals surface area contributed by atoms with Crippen LogP contribution in [0.1, 0.15) is 34.2 Å². The molecule has 2 heterocycles. The van der Waals surface area contributed by atoms with Gasteiger partial charge in [0, 0.05) is 38.1 Å². The molecule has 1 fully saturated rings. The molecule has 5 heteroatoms. The lowest BCUT2D eigenvalue weighted by atomic mass is 9.80. The molecule has 0 amide bonds. The largest absolute Gasteiger partial charge is 0.416 e. The number of nitrogens with one attached hydrogen (secondary N) is 1. The van der Waals surface area contributed by atoms with E-state index in [2.05, 4.69) is 10.2 Å². The molecule has 4 rings (SSSR count). The highest BCUT2D eigenvalue weighted by molar-refractivity contribution is 5.45. The van der Waals surface area contributed by atoms with Crippen LogP contribution in [0.25, 0.3) is 0 Å². The van der Waals surface area contributed by atoms with E-state index in [4.69, 9.17) is 0 Å². The first-order chi connectivity index (χ1) is 11.5. The maximum Gasteiger partial charge on any atom is 0.416 e. The number of fused-ring (bicyclic) bond motifs is 3. The summed E-state index contributed by atoms with van der Waals surface area (Å²) in [6.45, 7) is 3.41. The fourth-order valence-electron chi connectivity index (χ4n) is 3.93. The van der Waals surface area contributed by atoms with Crippen LogP contribution in [0, 0.1) is 0 Å². The topological polar surface area (TPSA) is 15.3 Å². The van der Waals surface area contributed by atoms with Gasteiger partial charge in [0.25, 0.3) is 0 Å². The molecular formula is C19H19F3N2. The number of benzene rings is 2. The van der Waals surface area contributed by atoms with Gasteiger partial charge in [0.05, 0.1) is 5.56 Å². The first-order valence-electron chi connectivity index (χ1n) is 8.25. The van der Waals surface area contributed by atoms with Crippen LogP contribution >= 0.6 is 0 Å². The average molecular weight is 332 g/mol. The van der Waals surface area contributed by atoms with Crippen molar-refractivity contribution in [3.05, 3.63) is 70.8 Å². The van der Waals surface area contributed by atoms with Crippen LogP contribution in [0.4, 0.5) is 13.2 Å². The molecule has 0 saturated carbocycles. The SMILES string of the molecule is FC(F)(F)c1ccc2c(c1)[C@H](c1ccccc1)CN1CCNC[C@@H]21. The van der Waals surface area contributed by atoms with Gasteiger partial charge in [-0.1, -0.05) is 36.4 Å². The van der Waals surface area contributed by atoms with Gasteiger partial charge in [-0.25, -0.2) is 0 Å². The van der Waals surface area contributed by atoms with Crippen LogP contribution in [0.15, 0.2) is 48.5 Å². The van der Waals surface area contributed by atoms with Gasteiger partial charge in [-0.2, -0.15) is 13.2 Å². The molecule has 0 unspecified atom stereocenters. The molecule has 2 aliphatic rings. The Hall–Kier alpha value is -1.85. The van der Waals surface area contributed by atoms with Gasteiger partial charge in [-0.05, 0) is 28.8 Å². The van der Waals surface area contributed by atoms with E-state index in [-0.39, 0.29) is 12.0 Å². The first-order valence-corrected chi connectivity index (χ1v) is 8.25. The normalized spacial score (nSPS) is 24.3. The summed E-state index contributed by atoms with van der Waals surface area (Å²) in [6, 6.07) is 14.3. The average Bonchev–Trinajstić information content (AvgIpc) is 2.60. The number of rotatable bonds is 1. The third-order valence-electron chi connectivity index (χ3n) is 5.12. The summed E-state index contributed by atoms with van der Waals surface area (Å²) in [4.78, 5) is 2.39. The summed E-state index contributed by atoms with van der Waals surface area (Å²) >= 11 is 0. The number of alkyl halides is 3. The molecule has 2 aromatic rings. The molecule has 2 aliphatic heterocycles. The lowest BCUT2D eigenvalue weighted by Gasteiger charge is -2.44. The third kappa shape index (κ3) is 2.72. The maximum atomic E-state index is 13.2. The zero-order valence-corrected chi connectivity index (χ0v) is 13.2. The Morgan fingerprint density at radius 3 is 2.54 bits per heavy atom. The van der Waals surface area contributed by atoms with E-state index < -0.39 is 11.7 Å². The summed E-state index contributed by atoms with van der Waals surface area (Å²) in [5.41, 5.74) is 2.37. The fraction of sp³-hybridized carbons (Fsp3) is 0.368. The van der Waals surface area contributed by atoms with Crippen molar-refractivity contribution in [1.82, 2.24) is 10.2 Å². The highest BCUT2D eigenvalue weighted by atomic mass is 19.4. The van der Waals surface area contributed by atoms with Crippen LogP contribution in [0.3, 0.4) is 0 Å². The van der Waals surface area contributed by atoms with Crippen LogP contribution in [0.5, 0.6) is 0 Å². The zero-order valence-electron chi connectivity index (χ0n) is 13.2. The Morgan fingerprint density at radius 2 is 1.79 bits per heavy atom. The number of piperazine rings is 1. The summed E-state index contributed by atoms with van der Waals surface area (Å²) in [6.07, 6.45) is -4.31. The molecule has 24 heavy (non-hydrogen) atoms. The molecule has 0 bridgehead atoms. The molecule has 0 aromatic heterocycles. The molecule has 126 valence electrons. The molecule has 2 nitrogen and oxygen atoms in total. The number of nitrogens with zero attached hydrogens (tertiary/aromatic N) is 1. The van der Waals surface area contributed by atoms with E-state index in [0.29, 0.717) is 0 Å². The van der Waals surface area contributed by atoms with Gasteiger partial charge in [0.15, 0.2) is 0 Å². The molecule has 2 aromatic carbocycles. The second-order valence-electron chi connectivity index (χ2n) is 6.52. The number of hydrogen-bond acceptors (Lipinski definition) is 2. The second kappa shape index (κ2) is 5.90. The van der Waals surface area contributed by atoms with Crippen LogP contribution in [-0.4, -0.2) is 31.1 Å². The molecule has 0 radical (unpaired) electrons. The highest BCUT2D eigenvalue weighted by Gasteiger charge is 2.38. The highest BCUT2D eigenvalue weighted by Crippen LogP contribution is 2.42. The zero-order chi connectivity index (χ0) is 16.7. The fourth-order valence-corrected chi connectivity index (χ4v) is 3.93. The van der Waals surface area contributed by atoms with Crippen molar-refractivity contribution in [3.8, 4) is 0 Å². The van der Waals surface area contributed by atoms with Crippen LogP contribution in [-0.2, 0) is 6.18 Å². The molecule has 2 atom stereocenters. The summed E-state index contributed by atoms with van der Waals surface area (Å²) < 4.78 is 39.6. The van der Waals surface area contributed by atoms with Crippen molar-refractivity contribution >= 4 is 0 Å². The van der Waals surface area contributed by atoms with Gasteiger partial charge in [-0.15, -0.1) is 0 Å². The van der Waals surface area contributed by atoms with Gasteiger partial charge < -0.3 is 5.32 Å². The third-order valence-corrected chi connectivity index (χ3v) is 5.12. The Balaban J connectivity index is 1.84. The van der Waals surface area contributed by atoms with E-state index in [1.165, 1.54) is 12.1 Å². The maximum absolute atomic E-state index is 13.2. The Bertz CT molecular complexity index is 727. The predicted molar refractivity (Wildman–Crippen MR) is 86.9 cm³/mol. The van der Waals surface area contributed by atoms with Crippen molar-refractivity contribution in [3.63, 3.8) is 0 Å². The van der Waals surface area contributed by atoms with Gasteiger partial charge in [0.1, 0.15) is 0 Å². The minimum absolute atomic E-state index is 0.0159. The van der Waals surface area contributed by atoms with E-state index >= 15 is 0 Å². The smallest absolute Gasteiger partial charge is 0.314 e. The molecule has 0 aliphatic carbocycles. The second-order valence-corrected chi connectivity index (χ2v) is 6.52. The Labute approximate surface area is 139 Å². The Morgan fingerprint density at radius 1 is 1.00 bits per heavy atom. The standard InChI is InChI=1S/C19H19F3N2/c20-19(21,22)14-6-7-15-16(10-14)17(13-4-2-1-3-5-13)12-24-9-8-23-11-18(15)24/h1-7,10,17-18,23H,8-9,11-12H2/t17-,18-/m0/s1. The lowest BCUT2D eigenvalue weighted by Crippen LogP contribution is -2.50. The van der Waals surface area contributed by atoms with Gasteiger partial charge in [0.2, 0.25) is 0 Å². The molecule has 1 saturated heterocycles. The van der Waals surface area contributed by atoms with Gasteiger partial charge >= 0.3 is 6.18 Å².